The summed E-state index contributed by atoms with van der Waals surface area (Å²) in [5, 5.41) is 8.52. The molecule has 0 radical (unpaired) electrons. The van der Waals surface area contributed by atoms with Crippen molar-refractivity contribution in [3.05, 3.63) is 12.7 Å². The van der Waals surface area contributed by atoms with Crippen LogP contribution in [0.2, 0.25) is 0 Å². The molecule has 3 nitrogen and oxygen atoms in total. The van der Waals surface area contributed by atoms with Gasteiger partial charge in [-0.25, -0.2) is 9.18 Å². The Bertz CT molecular complexity index is 124. The molecule has 1 atom stereocenters. The van der Waals surface area contributed by atoms with Crippen LogP contribution in [0.3, 0.4) is 0 Å². The molecule has 0 bridgehead atoms. The van der Waals surface area contributed by atoms with E-state index in [4.69, 9.17) is 5.11 Å². The van der Waals surface area contributed by atoms with Crippen molar-refractivity contribution in [3.63, 3.8) is 0 Å². The molecule has 0 fully saturated rings. The van der Waals surface area contributed by atoms with Gasteiger partial charge in [-0.15, -0.1) is 0 Å². The third kappa shape index (κ3) is 4.03. The minimum absolute atomic E-state index is 0.318. The first kappa shape index (κ1) is 9.10. The van der Waals surface area contributed by atoms with Crippen LogP contribution < -0.4 is 0 Å². The van der Waals surface area contributed by atoms with E-state index >= 15 is 0 Å². The van der Waals surface area contributed by atoms with Gasteiger partial charge in [-0.3, -0.25) is 0 Å². The number of hydrogen-bond donors (Lipinski definition) is 1. The van der Waals surface area contributed by atoms with Gasteiger partial charge in [0.2, 0.25) is 0 Å². The molecule has 10 heavy (non-hydrogen) atoms. The van der Waals surface area contributed by atoms with Crippen molar-refractivity contribution in [1.29, 1.82) is 0 Å². The number of esters is 1. The molecule has 0 rings (SSSR count). The second kappa shape index (κ2) is 4.93. The fourth-order valence-electron chi connectivity index (χ4n) is 0.282. The van der Waals surface area contributed by atoms with Crippen molar-refractivity contribution in [3.8, 4) is 0 Å². The lowest BCUT2D eigenvalue weighted by atomic mass is 10.4. The van der Waals surface area contributed by atoms with E-state index in [-0.39, 0.29) is 6.61 Å². The molecule has 0 aromatic rings. The van der Waals surface area contributed by atoms with Crippen LogP contribution in [0.15, 0.2) is 12.7 Å². The summed E-state index contributed by atoms with van der Waals surface area (Å²) in [6, 6.07) is 0. The number of halogens is 1. The minimum atomic E-state index is -1.22. The van der Waals surface area contributed by atoms with Crippen molar-refractivity contribution in [2.24, 2.45) is 0 Å². The van der Waals surface area contributed by atoms with Gasteiger partial charge in [-0.2, -0.15) is 0 Å². The van der Waals surface area contributed by atoms with Crippen LogP contribution in [0.25, 0.3) is 0 Å². The zero-order valence-corrected chi connectivity index (χ0v) is 5.42. The van der Waals surface area contributed by atoms with Gasteiger partial charge >= 0.3 is 5.97 Å². The Morgan fingerprint density at radius 1 is 1.90 bits per heavy atom. The number of ether oxygens (including phenoxy) is 1. The zero-order valence-electron chi connectivity index (χ0n) is 5.42. The molecule has 0 aromatic carbocycles. The molecule has 1 unspecified atom stereocenters. The van der Waals surface area contributed by atoms with Crippen LogP contribution in [0, 0.1) is 0 Å². The van der Waals surface area contributed by atoms with Crippen LogP contribution in [0.1, 0.15) is 0 Å². The number of aliphatic hydroxyl groups is 1. The van der Waals surface area contributed by atoms with E-state index in [0.29, 0.717) is 0 Å². The highest BCUT2D eigenvalue weighted by Crippen LogP contribution is 1.87. The van der Waals surface area contributed by atoms with Crippen molar-refractivity contribution in [2.45, 2.75) is 6.10 Å². The molecule has 0 amide bonds. The predicted molar refractivity (Wildman–Crippen MR) is 33.1 cm³/mol. The Morgan fingerprint density at radius 2 is 2.50 bits per heavy atom. The minimum Gasteiger partial charge on any atom is -0.460 e. The van der Waals surface area contributed by atoms with Gasteiger partial charge in [0, 0.05) is 6.08 Å². The standard InChI is InChI=1S/C6H9FO3/c1-2-6(9)10-4-5(8)3-7/h2,5,8H,1,3-4H2. The number of rotatable bonds is 4. The van der Waals surface area contributed by atoms with E-state index in [9.17, 15) is 9.18 Å². The maximum absolute atomic E-state index is 11.5. The molecule has 0 heterocycles. The molecule has 0 saturated carbocycles. The van der Waals surface area contributed by atoms with Crippen LogP contribution >= 0.6 is 0 Å². The summed E-state index contributed by atoms with van der Waals surface area (Å²) in [5.41, 5.74) is 0. The van der Waals surface area contributed by atoms with Crippen LogP contribution in [0.4, 0.5) is 4.39 Å². The molecule has 0 aliphatic carbocycles. The molecule has 0 saturated heterocycles. The highest BCUT2D eigenvalue weighted by molar-refractivity contribution is 5.81. The topological polar surface area (TPSA) is 46.5 Å². The summed E-state index contributed by atoms with van der Waals surface area (Å²) < 4.78 is 15.8. The second-order valence-electron chi connectivity index (χ2n) is 1.64. The van der Waals surface area contributed by atoms with Crippen molar-refractivity contribution < 1.29 is 19.0 Å². The molecule has 0 spiro atoms. The zero-order chi connectivity index (χ0) is 7.98. The fraction of sp³-hybridized carbons (Fsp3) is 0.500. The monoisotopic (exact) mass is 148 g/mol. The summed E-state index contributed by atoms with van der Waals surface area (Å²) in [5.74, 6) is -0.660. The summed E-state index contributed by atoms with van der Waals surface area (Å²) >= 11 is 0. The Labute approximate surface area is 58.1 Å². The van der Waals surface area contributed by atoms with Crippen molar-refractivity contribution >= 4 is 5.97 Å². The average Bonchev–Trinajstić information content (AvgIpc) is 1.99. The van der Waals surface area contributed by atoms with E-state index < -0.39 is 18.7 Å². The SMILES string of the molecule is C=CC(=O)OCC(O)CF. The highest BCUT2D eigenvalue weighted by Gasteiger charge is 2.04. The lowest BCUT2D eigenvalue weighted by Gasteiger charge is -2.04. The first-order valence-corrected chi connectivity index (χ1v) is 2.74. The van der Waals surface area contributed by atoms with Crippen molar-refractivity contribution in [2.75, 3.05) is 13.3 Å². The molecular formula is C6H9FO3. The van der Waals surface area contributed by atoms with E-state index in [1.54, 1.807) is 0 Å². The summed E-state index contributed by atoms with van der Waals surface area (Å²) in [6.07, 6.45) is -0.269. The number of carbonyl (C=O) groups excluding carboxylic acids is 1. The van der Waals surface area contributed by atoms with Gasteiger partial charge < -0.3 is 9.84 Å². The molecular weight excluding hydrogens is 139 g/mol. The lowest BCUT2D eigenvalue weighted by Crippen LogP contribution is -2.19. The number of hydrogen-bond acceptors (Lipinski definition) is 3. The fourth-order valence-corrected chi connectivity index (χ4v) is 0.282. The number of aliphatic hydroxyl groups excluding tert-OH is 1. The van der Waals surface area contributed by atoms with Crippen molar-refractivity contribution in [1.82, 2.24) is 0 Å². The quantitative estimate of drug-likeness (QED) is 0.452. The largest absolute Gasteiger partial charge is 0.460 e. The normalized spacial score (nSPS) is 12.2. The summed E-state index contributed by atoms with van der Waals surface area (Å²) in [6.45, 7) is 1.88. The van der Waals surface area contributed by atoms with Crippen LogP contribution in [0.5, 0.6) is 0 Å². The Hall–Kier alpha value is -0.900. The van der Waals surface area contributed by atoms with E-state index in [1.165, 1.54) is 0 Å². The number of carbonyl (C=O) groups is 1. The third-order valence-electron chi connectivity index (χ3n) is 0.763. The number of alkyl halides is 1. The van der Waals surface area contributed by atoms with E-state index in [0.717, 1.165) is 6.08 Å². The van der Waals surface area contributed by atoms with Crippen LogP contribution in [-0.4, -0.2) is 30.5 Å². The van der Waals surface area contributed by atoms with Gasteiger partial charge in [0.15, 0.2) is 0 Å². The molecule has 0 aliphatic heterocycles. The van der Waals surface area contributed by atoms with E-state index in [1.807, 2.05) is 0 Å². The van der Waals surface area contributed by atoms with Gasteiger partial charge in [-0.05, 0) is 0 Å². The molecule has 4 heteroatoms. The Balaban J connectivity index is 3.34. The van der Waals surface area contributed by atoms with Gasteiger partial charge in [0.25, 0.3) is 0 Å². The first-order valence-electron chi connectivity index (χ1n) is 2.74. The predicted octanol–water partition coefficient (Wildman–Crippen LogP) is 0.0460. The molecule has 1 N–H and O–H groups in total. The highest BCUT2D eigenvalue weighted by atomic mass is 19.1. The molecule has 58 valence electrons. The summed E-state index contributed by atoms with van der Waals surface area (Å²) in [7, 11) is 0. The van der Waals surface area contributed by atoms with Gasteiger partial charge in [0.1, 0.15) is 19.4 Å². The van der Waals surface area contributed by atoms with Gasteiger partial charge in [0.05, 0.1) is 0 Å². The average molecular weight is 148 g/mol. The first-order chi connectivity index (χ1) is 4.70. The third-order valence-corrected chi connectivity index (χ3v) is 0.763. The van der Waals surface area contributed by atoms with Gasteiger partial charge in [-0.1, -0.05) is 6.58 Å². The Morgan fingerprint density at radius 3 is 2.90 bits per heavy atom. The van der Waals surface area contributed by atoms with E-state index in [2.05, 4.69) is 11.3 Å². The molecule has 0 aromatic heterocycles. The molecule has 0 aliphatic rings. The smallest absolute Gasteiger partial charge is 0.330 e. The second-order valence-corrected chi connectivity index (χ2v) is 1.64. The lowest BCUT2D eigenvalue weighted by molar-refractivity contribution is -0.140. The maximum atomic E-state index is 11.5. The summed E-state index contributed by atoms with van der Waals surface area (Å²) in [4.78, 5) is 10.3. The maximum Gasteiger partial charge on any atom is 0.330 e. The van der Waals surface area contributed by atoms with Crippen LogP contribution in [-0.2, 0) is 9.53 Å². The Kier molecular flexibility index (Phi) is 4.49.